The number of ether oxygens (including phenoxy) is 1. The summed E-state index contributed by atoms with van der Waals surface area (Å²) >= 11 is 0. The molecule has 0 aromatic carbocycles. The van der Waals surface area contributed by atoms with Gasteiger partial charge in [-0.2, -0.15) is 0 Å². The van der Waals surface area contributed by atoms with Crippen LogP contribution < -0.4 is 4.89 Å². The van der Waals surface area contributed by atoms with Gasteiger partial charge < -0.3 is 24.2 Å². The zero-order valence-electron chi connectivity index (χ0n) is 11.5. The number of aliphatic hydroxyl groups is 1. The summed E-state index contributed by atoms with van der Waals surface area (Å²) in [6.07, 6.45) is 8.83. The van der Waals surface area contributed by atoms with Gasteiger partial charge in [0.05, 0.1) is 13.2 Å². The molecule has 0 saturated heterocycles. The van der Waals surface area contributed by atoms with Gasteiger partial charge in [0.15, 0.2) is 0 Å². The third kappa shape index (κ3) is 18.0. The van der Waals surface area contributed by atoms with E-state index in [4.69, 9.17) is 14.7 Å². The van der Waals surface area contributed by atoms with Crippen LogP contribution in [0.2, 0.25) is 0 Å². The average Bonchev–Trinajstić information content (AvgIpc) is 2.34. The van der Waals surface area contributed by atoms with Gasteiger partial charge in [0.2, 0.25) is 0 Å². The third-order valence-corrected chi connectivity index (χ3v) is 3.19. The molecule has 0 amide bonds. The van der Waals surface area contributed by atoms with Crippen LogP contribution in [0.25, 0.3) is 0 Å². The molecule has 1 atom stereocenters. The molecule has 19 heavy (non-hydrogen) atoms. The molecule has 1 unspecified atom stereocenters. The maximum Gasteiger partial charge on any atom is 0.265 e. The SMILES string of the molecule is O=P([O-])(O)OCCOCCCCCCCCCCO. The van der Waals surface area contributed by atoms with E-state index < -0.39 is 7.82 Å². The number of aliphatic hydroxyl groups excluding tert-OH is 1. The van der Waals surface area contributed by atoms with Crippen LogP contribution in [0.3, 0.4) is 0 Å². The summed E-state index contributed by atoms with van der Waals surface area (Å²) in [5, 5.41) is 8.60. The zero-order chi connectivity index (χ0) is 14.4. The highest BCUT2D eigenvalue weighted by Crippen LogP contribution is 2.29. The Hall–Kier alpha value is 0.0300. The van der Waals surface area contributed by atoms with Crippen molar-refractivity contribution < 1.29 is 28.7 Å². The second-order valence-corrected chi connectivity index (χ2v) is 5.66. The van der Waals surface area contributed by atoms with Crippen molar-refractivity contribution in [3.05, 3.63) is 0 Å². The highest BCUT2D eigenvalue weighted by molar-refractivity contribution is 7.44. The van der Waals surface area contributed by atoms with E-state index in [1.807, 2.05) is 0 Å². The Balaban J connectivity index is 3.01. The lowest BCUT2D eigenvalue weighted by Crippen LogP contribution is -2.09. The van der Waals surface area contributed by atoms with Gasteiger partial charge in [-0.1, -0.05) is 38.5 Å². The van der Waals surface area contributed by atoms with E-state index >= 15 is 0 Å². The van der Waals surface area contributed by atoms with Crippen molar-refractivity contribution in [2.24, 2.45) is 0 Å². The monoisotopic (exact) mass is 297 g/mol. The molecule has 7 heteroatoms. The van der Waals surface area contributed by atoms with Crippen LogP contribution in [-0.2, 0) is 13.8 Å². The Morgan fingerprint density at radius 1 is 0.842 bits per heavy atom. The summed E-state index contributed by atoms with van der Waals surface area (Å²) in [6, 6.07) is 0. The van der Waals surface area contributed by atoms with Crippen LogP contribution >= 0.6 is 7.82 Å². The number of phosphoric ester groups is 1. The lowest BCUT2D eigenvalue weighted by atomic mass is 10.1. The fourth-order valence-corrected chi connectivity index (χ4v) is 2.00. The Morgan fingerprint density at radius 2 is 1.37 bits per heavy atom. The van der Waals surface area contributed by atoms with E-state index in [9.17, 15) is 9.46 Å². The predicted octanol–water partition coefficient (Wildman–Crippen LogP) is 1.59. The van der Waals surface area contributed by atoms with Crippen LogP contribution in [0.5, 0.6) is 0 Å². The standard InChI is InChI=1S/C12H27O6P/c13-9-7-5-3-1-2-4-6-8-10-17-11-12-18-19(14,15)16/h13H,1-12H2,(H2,14,15,16)/p-1. The summed E-state index contributed by atoms with van der Waals surface area (Å²) in [4.78, 5) is 18.5. The molecule has 0 rings (SSSR count). The van der Waals surface area contributed by atoms with Crippen molar-refractivity contribution in [3.8, 4) is 0 Å². The largest absolute Gasteiger partial charge is 0.756 e. The van der Waals surface area contributed by atoms with Crippen molar-refractivity contribution in [2.75, 3.05) is 26.4 Å². The van der Waals surface area contributed by atoms with Crippen LogP contribution in [0.15, 0.2) is 0 Å². The Bertz CT molecular complexity index is 230. The topological polar surface area (TPSA) is 99.1 Å². The molecule has 6 nitrogen and oxygen atoms in total. The predicted molar refractivity (Wildman–Crippen MR) is 70.6 cm³/mol. The van der Waals surface area contributed by atoms with Gasteiger partial charge in [0, 0.05) is 13.2 Å². The summed E-state index contributed by atoms with van der Waals surface area (Å²) in [5.41, 5.74) is 0. The Labute approximate surface area is 115 Å². The van der Waals surface area contributed by atoms with Gasteiger partial charge in [-0.05, 0) is 12.8 Å². The minimum atomic E-state index is -4.59. The number of unbranched alkanes of at least 4 members (excludes halogenated alkanes) is 7. The third-order valence-electron chi connectivity index (χ3n) is 2.68. The molecule has 0 bridgehead atoms. The minimum absolute atomic E-state index is 0.137. The van der Waals surface area contributed by atoms with Gasteiger partial charge >= 0.3 is 0 Å². The summed E-state index contributed by atoms with van der Waals surface area (Å²) in [5.74, 6) is 0. The molecule has 0 aliphatic rings. The fourth-order valence-electron chi connectivity index (χ4n) is 1.69. The molecule has 0 fully saturated rings. The van der Waals surface area contributed by atoms with E-state index in [2.05, 4.69) is 4.52 Å². The summed E-state index contributed by atoms with van der Waals surface area (Å²) in [7, 11) is -4.59. The van der Waals surface area contributed by atoms with Gasteiger partial charge in [-0.25, -0.2) is 0 Å². The number of hydrogen-bond acceptors (Lipinski definition) is 5. The van der Waals surface area contributed by atoms with Crippen molar-refractivity contribution in [3.63, 3.8) is 0 Å². The molecule has 0 aliphatic heterocycles. The Morgan fingerprint density at radius 3 is 1.89 bits per heavy atom. The van der Waals surface area contributed by atoms with Crippen molar-refractivity contribution in [1.29, 1.82) is 0 Å². The zero-order valence-corrected chi connectivity index (χ0v) is 12.4. The maximum absolute atomic E-state index is 10.2. The van der Waals surface area contributed by atoms with Crippen LogP contribution in [0.1, 0.15) is 51.4 Å². The van der Waals surface area contributed by atoms with Crippen LogP contribution in [0.4, 0.5) is 0 Å². The lowest BCUT2D eigenvalue weighted by Gasteiger charge is -2.15. The van der Waals surface area contributed by atoms with Crippen LogP contribution in [0, 0.1) is 0 Å². The first-order valence-electron chi connectivity index (χ1n) is 6.93. The van der Waals surface area contributed by atoms with Crippen molar-refractivity contribution in [1.82, 2.24) is 0 Å². The second-order valence-electron chi connectivity index (χ2n) is 4.47. The quantitative estimate of drug-likeness (QED) is 0.373. The smallest absolute Gasteiger partial charge is 0.265 e. The summed E-state index contributed by atoms with van der Waals surface area (Å²) < 4.78 is 19.5. The van der Waals surface area contributed by atoms with Gasteiger partial charge in [0.1, 0.15) is 0 Å². The number of hydrogen-bond donors (Lipinski definition) is 2. The molecular weight excluding hydrogens is 271 g/mol. The second kappa shape index (κ2) is 13.0. The lowest BCUT2D eigenvalue weighted by molar-refractivity contribution is -0.220. The molecule has 0 saturated carbocycles. The van der Waals surface area contributed by atoms with E-state index in [0.717, 1.165) is 25.7 Å². The normalized spacial score (nSPS) is 14.5. The molecule has 116 valence electrons. The molecule has 0 heterocycles. The summed E-state index contributed by atoms with van der Waals surface area (Å²) in [6.45, 7) is 0.914. The molecule has 0 spiro atoms. The van der Waals surface area contributed by atoms with Gasteiger partial charge in [0.25, 0.3) is 7.82 Å². The van der Waals surface area contributed by atoms with Gasteiger partial charge in [-0.3, -0.25) is 4.57 Å². The molecule has 0 radical (unpaired) electrons. The van der Waals surface area contributed by atoms with E-state index in [1.54, 1.807) is 0 Å². The first-order chi connectivity index (χ1) is 9.06. The van der Waals surface area contributed by atoms with E-state index in [0.29, 0.717) is 13.2 Å². The first kappa shape index (κ1) is 19.0. The van der Waals surface area contributed by atoms with Crippen molar-refractivity contribution >= 4 is 7.82 Å². The first-order valence-corrected chi connectivity index (χ1v) is 8.43. The fraction of sp³-hybridized carbons (Fsp3) is 1.00. The number of rotatable bonds is 14. The maximum atomic E-state index is 10.2. The van der Waals surface area contributed by atoms with Crippen LogP contribution in [-0.4, -0.2) is 36.4 Å². The van der Waals surface area contributed by atoms with Gasteiger partial charge in [-0.15, -0.1) is 0 Å². The molecular formula is C12H26O6P-. The molecule has 2 N–H and O–H groups in total. The molecule has 0 aliphatic carbocycles. The highest BCUT2D eigenvalue weighted by Gasteiger charge is 2.00. The molecule has 0 aromatic heterocycles. The van der Waals surface area contributed by atoms with Crippen molar-refractivity contribution in [2.45, 2.75) is 51.4 Å². The highest BCUT2D eigenvalue weighted by atomic mass is 31.2. The average molecular weight is 297 g/mol. The van der Waals surface area contributed by atoms with E-state index in [1.165, 1.54) is 25.7 Å². The van der Waals surface area contributed by atoms with E-state index in [-0.39, 0.29) is 13.2 Å². The minimum Gasteiger partial charge on any atom is -0.756 e. The Kier molecular flexibility index (Phi) is 13.1. The molecule has 0 aromatic rings. The number of phosphoric acid groups is 1.